The first-order valence-corrected chi connectivity index (χ1v) is 20.8. The Labute approximate surface area is 367 Å². The van der Waals surface area contributed by atoms with Crippen LogP contribution in [0.4, 0.5) is 57.4 Å². The van der Waals surface area contributed by atoms with Crippen molar-refractivity contribution in [3.8, 4) is 28.3 Å². The summed E-state index contributed by atoms with van der Waals surface area (Å²) in [5.74, 6) is -8.25. The smallest absolute Gasteiger partial charge is 0.281 e. The van der Waals surface area contributed by atoms with Gasteiger partial charge in [-0.25, -0.2) is 22.4 Å². The van der Waals surface area contributed by atoms with Crippen molar-refractivity contribution < 1.29 is 17.6 Å². The Balaban J connectivity index is 1.45. The third kappa shape index (κ3) is 7.94. The first kappa shape index (κ1) is 42.5. The SMILES string of the molecule is [C-]#[N+]c1c(C#N)c(N(c2ccc(-c3ccccc3)cc2)c2ccc(C(C)(C)C)cc2)c2c(c1N(c1ccc(-c3ccccc3)cc1)c1ccc(C(C)(C)C)cc1)C(F)(F)CC2(F)F. The second-order valence-corrected chi connectivity index (χ2v) is 18.1. The van der Waals surface area contributed by atoms with Crippen molar-refractivity contribution >= 4 is 39.8 Å². The van der Waals surface area contributed by atoms with Crippen LogP contribution in [0, 0.1) is 17.9 Å². The quantitative estimate of drug-likeness (QED) is 0.113. The van der Waals surface area contributed by atoms with Gasteiger partial charge >= 0.3 is 0 Å². The second kappa shape index (κ2) is 15.9. The second-order valence-electron chi connectivity index (χ2n) is 18.1. The lowest BCUT2D eigenvalue weighted by Crippen LogP contribution is -2.22. The molecule has 0 spiro atoms. The fourth-order valence-corrected chi connectivity index (χ4v) is 8.44. The van der Waals surface area contributed by atoms with Gasteiger partial charge in [-0.3, -0.25) is 0 Å². The molecule has 0 unspecified atom stereocenters. The third-order valence-corrected chi connectivity index (χ3v) is 11.7. The maximum Gasteiger partial charge on any atom is 0.281 e. The predicted molar refractivity (Wildman–Crippen MR) is 247 cm³/mol. The molecule has 0 saturated heterocycles. The van der Waals surface area contributed by atoms with Gasteiger partial charge in [0.15, 0.2) is 0 Å². The summed E-state index contributed by atoms with van der Waals surface area (Å²) in [6.45, 7) is 20.9. The number of nitrogens with zero attached hydrogens (tertiary/aromatic N) is 4. The van der Waals surface area contributed by atoms with E-state index in [1.54, 1.807) is 48.5 Å². The van der Waals surface area contributed by atoms with Crippen molar-refractivity contribution in [2.45, 2.75) is 70.6 Å². The Morgan fingerprint density at radius 2 is 0.810 bits per heavy atom. The minimum atomic E-state index is -4.12. The van der Waals surface area contributed by atoms with E-state index in [1.165, 1.54) is 9.80 Å². The zero-order valence-corrected chi connectivity index (χ0v) is 36.0. The molecule has 314 valence electrons. The lowest BCUT2D eigenvalue weighted by atomic mass is 9.87. The maximum absolute atomic E-state index is 17.1. The zero-order chi connectivity index (χ0) is 44.9. The summed E-state index contributed by atoms with van der Waals surface area (Å²) in [6.07, 6.45) is -1.84. The monoisotopic (exact) mass is 838 g/mol. The Bertz CT molecular complexity index is 2660. The van der Waals surface area contributed by atoms with E-state index in [0.29, 0.717) is 22.7 Å². The van der Waals surface area contributed by atoms with Crippen molar-refractivity contribution in [3.63, 3.8) is 0 Å². The van der Waals surface area contributed by atoms with Crippen LogP contribution in [-0.4, -0.2) is 0 Å². The molecule has 8 heteroatoms. The van der Waals surface area contributed by atoms with E-state index >= 15 is 17.6 Å². The molecule has 1 aliphatic carbocycles. The number of benzene rings is 7. The van der Waals surface area contributed by atoms with E-state index in [1.807, 2.05) is 151 Å². The molecule has 0 aromatic heterocycles. The minimum absolute atomic E-state index is 0.262. The Hall–Kier alpha value is -7.16. The molecule has 0 fully saturated rings. The van der Waals surface area contributed by atoms with Crippen LogP contribution in [0.1, 0.15) is 75.8 Å². The van der Waals surface area contributed by atoms with Gasteiger partial charge in [0.2, 0.25) is 5.69 Å². The van der Waals surface area contributed by atoms with E-state index in [4.69, 9.17) is 6.57 Å². The fourth-order valence-electron chi connectivity index (χ4n) is 8.44. The molecule has 0 saturated carbocycles. The highest BCUT2D eigenvalue weighted by molar-refractivity contribution is 5.99. The van der Waals surface area contributed by atoms with Crippen LogP contribution in [-0.2, 0) is 22.7 Å². The van der Waals surface area contributed by atoms with Gasteiger partial charge in [0.1, 0.15) is 0 Å². The Morgan fingerprint density at radius 3 is 1.14 bits per heavy atom. The highest BCUT2D eigenvalue weighted by atomic mass is 19.3. The van der Waals surface area contributed by atoms with Crippen LogP contribution < -0.4 is 9.80 Å². The topological polar surface area (TPSA) is 34.6 Å². The normalized spacial score (nSPS) is 14.0. The van der Waals surface area contributed by atoms with E-state index in [0.717, 1.165) is 33.4 Å². The number of hydrogen-bond donors (Lipinski definition) is 0. The summed E-state index contributed by atoms with van der Waals surface area (Å²) in [6, 6.07) is 50.0. The highest BCUT2D eigenvalue weighted by Gasteiger charge is 2.60. The van der Waals surface area contributed by atoms with Crippen molar-refractivity contribution in [3.05, 3.63) is 197 Å². The van der Waals surface area contributed by atoms with Crippen LogP contribution in [0.3, 0.4) is 0 Å². The van der Waals surface area contributed by atoms with Gasteiger partial charge in [-0.1, -0.05) is 151 Å². The molecule has 1 aliphatic rings. The summed E-state index contributed by atoms with van der Waals surface area (Å²) in [4.78, 5) is 6.71. The lowest BCUT2D eigenvalue weighted by Gasteiger charge is -2.35. The maximum atomic E-state index is 17.1. The molecule has 4 nitrogen and oxygen atoms in total. The number of fused-ring (bicyclic) bond motifs is 1. The van der Waals surface area contributed by atoms with Gasteiger partial charge in [0.25, 0.3) is 11.8 Å². The standard InChI is InChI=1S/C55H46F4N4/c1-52(2,3)40-22-30-44(31-23-40)62(42-26-18-38(19-27-42)36-14-10-8-11-15-36)50-46(34-60)49(61-7)51(48-47(50)54(56,57)35-55(48,58)59)63(45-32-24-41(25-33-45)53(4,5)6)43-28-20-39(21-29-43)37-16-12-9-13-17-37/h8-33H,35H2,1-6H3. The van der Waals surface area contributed by atoms with Gasteiger partial charge < -0.3 is 9.80 Å². The molecule has 7 aromatic rings. The van der Waals surface area contributed by atoms with Crippen LogP contribution >= 0.6 is 0 Å². The molecule has 7 aromatic carbocycles. The van der Waals surface area contributed by atoms with Gasteiger partial charge in [-0.15, -0.1) is 0 Å². The Morgan fingerprint density at radius 1 is 0.492 bits per heavy atom. The first-order chi connectivity index (χ1) is 29.9. The summed E-state index contributed by atoms with van der Waals surface area (Å²) in [7, 11) is 0. The van der Waals surface area contributed by atoms with Crippen LogP contribution in [0.2, 0.25) is 0 Å². The van der Waals surface area contributed by atoms with E-state index in [9.17, 15) is 5.26 Å². The van der Waals surface area contributed by atoms with Crippen LogP contribution in [0.15, 0.2) is 158 Å². The molecule has 0 atom stereocenters. The van der Waals surface area contributed by atoms with E-state index in [2.05, 4.69) is 10.9 Å². The van der Waals surface area contributed by atoms with Gasteiger partial charge in [-0.05, 0) is 92.7 Å². The predicted octanol–water partition coefficient (Wildman–Crippen LogP) is 16.6. The fraction of sp³-hybridized carbons (Fsp3) is 0.200. The number of rotatable bonds is 8. The van der Waals surface area contributed by atoms with Crippen molar-refractivity contribution in [1.29, 1.82) is 5.26 Å². The summed E-state index contributed by atoms with van der Waals surface area (Å²) in [5.41, 5.74) is 2.51. The van der Waals surface area contributed by atoms with Gasteiger partial charge in [0.05, 0.1) is 41.6 Å². The Kier molecular flexibility index (Phi) is 10.8. The number of halogens is 4. The number of anilines is 6. The van der Waals surface area contributed by atoms with Crippen molar-refractivity contribution in [2.24, 2.45) is 0 Å². The van der Waals surface area contributed by atoms with Gasteiger partial charge in [0, 0.05) is 28.3 Å². The summed E-state index contributed by atoms with van der Waals surface area (Å²) >= 11 is 0. The number of hydrogen-bond acceptors (Lipinski definition) is 3. The molecule has 8 rings (SSSR count). The molecule has 0 aliphatic heterocycles. The minimum Gasteiger partial charge on any atom is -0.320 e. The van der Waals surface area contributed by atoms with Crippen LogP contribution in [0.25, 0.3) is 27.1 Å². The molecule has 0 amide bonds. The molecular weight excluding hydrogens is 793 g/mol. The molecule has 63 heavy (non-hydrogen) atoms. The van der Waals surface area contributed by atoms with E-state index < -0.39 is 52.0 Å². The molecule has 0 radical (unpaired) electrons. The molecule has 0 bridgehead atoms. The van der Waals surface area contributed by atoms with Gasteiger partial charge in [-0.2, -0.15) is 5.26 Å². The average Bonchev–Trinajstić information content (AvgIpc) is 3.47. The molecule has 0 N–H and O–H groups in total. The third-order valence-electron chi connectivity index (χ3n) is 11.7. The van der Waals surface area contributed by atoms with Crippen LogP contribution in [0.5, 0.6) is 0 Å². The largest absolute Gasteiger partial charge is 0.320 e. The zero-order valence-electron chi connectivity index (χ0n) is 36.0. The van der Waals surface area contributed by atoms with E-state index in [-0.39, 0.29) is 10.8 Å². The van der Waals surface area contributed by atoms with Crippen molar-refractivity contribution in [1.82, 2.24) is 0 Å². The molecule has 0 heterocycles. The summed E-state index contributed by atoms with van der Waals surface area (Å²) in [5, 5.41) is 11.2. The first-order valence-electron chi connectivity index (χ1n) is 20.8. The highest BCUT2D eigenvalue weighted by Crippen LogP contribution is 2.65. The molecular formula is C55H46F4N4. The van der Waals surface area contributed by atoms with Crippen molar-refractivity contribution in [2.75, 3.05) is 9.80 Å². The average molecular weight is 839 g/mol. The number of alkyl halides is 4. The summed E-state index contributed by atoms with van der Waals surface area (Å²) < 4.78 is 68.4. The lowest BCUT2D eigenvalue weighted by molar-refractivity contribution is -0.0920. The number of nitriles is 1.